The van der Waals surface area contributed by atoms with E-state index < -0.39 is 5.97 Å². The van der Waals surface area contributed by atoms with E-state index in [-0.39, 0.29) is 18.5 Å². The van der Waals surface area contributed by atoms with Gasteiger partial charge in [-0.3, -0.25) is 4.79 Å². The maximum absolute atomic E-state index is 12.1. The molecule has 1 fully saturated rings. The Morgan fingerprint density at radius 2 is 1.90 bits per heavy atom. The van der Waals surface area contributed by atoms with Crippen molar-refractivity contribution in [2.75, 3.05) is 26.7 Å². The summed E-state index contributed by atoms with van der Waals surface area (Å²) in [6.45, 7) is 6.32. The van der Waals surface area contributed by atoms with Crippen LogP contribution in [0, 0.1) is 0 Å². The summed E-state index contributed by atoms with van der Waals surface area (Å²) >= 11 is 0. The smallest absolute Gasteiger partial charge is 0.317 e. The molecule has 6 nitrogen and oxygen atoms in total. The van der Waals surface area contributed by atoms with Gasteiger partial charge in [0.05, 0.1) is 6.42 Å². The molecule has 21 heavy (non-hydrogen) atoms. The van der Waals surface area contributed by atoms with E-state index in [0.717, 1.165) is 32.2 Å². The van der Waals surface area contributed by atoms with Crippen LogP contribution < -0.4 is 5.32 Å². The van der Waals surface area contributed by atoms with Gasteiger partial charge >= 0.3 is 12.0 Å². The number of nitrogens with zero attached hydrogens (tertiary/aromatic N) is 2. The Hall–Kier alpha value is -1.30. The highest BCUT2D eigenvalue weighted by atomic mass is 16.4. The second-order valence-electron chi connectivity index (χ2n) is 6.08. The van der Waals surface area contributed by atoms with Crippen LogP contribution in [0.2, 0.25) is 0 Å². The summed E-state index contributed by atoms with van der Waals surface area (Å²) in [7, 11) is 2.10. The number of carboxylic acids is 1. The average molecular weight is 299 g/mol. The molecule has 2 N–H and O–H groups in total. The average Bonchev–Trinajstić information content (AvgIpc) is 3.22. The minimum absolute atomic E-state index is 0.0170. The molecule has 122 valence electrons. The third-order valence-electron chi connectivity index (χ3n) is 3.91. The number of hydrogen-bond donors (Lipinski definition) is 2. The van der Waals surface area contributed by atoms with Gasteiger partial charge in [-0.05, 0) is 53.1 Å². The number of carbonyl (C=O) groups is 2. The Morgan fingerprint density at radius 1 is 1.24 bits per heavy atom. The van der Waals surface area contributed by atoms with Crippen molar-refractivity contribution >= 4 is 12.0 Å². The van der Waals surface area contributed by atoms with Crippen molar-refractivity contribution in [3.8, 4) is 0 Å². The van der Waals surface area contributed by atoms with Gasteiger partial charge < -0.3 is 20.2 Å². The molecular formula is C15H29N3O3. The van der Waals surface area contributed by atoms with Crippen LogP contribution in [0.3, 0.4) is 0 Å². The lowest BCUT2D eigenvalue weighted by atomic mass is 10.2. The van der Waals surface area contributed by atoms with Crippen LogP contribution in [-0.2, 0) is 4.79 Å². The van der Waals surface area contributed by atoms with Crippen molar-refractivity contribution in [3.05, 3.63) is 0 Å². The first kappa shape index (κ1) is 17.8. The molecule has 0 unspecified atom stereocenters. The summed E-state index contributed by atoms with van der Waals surface area (Å²) in [5.74, 6) is -0.856. The van der Waals surface area contributed by atoms with Crippen LogP contribution in [-0.4, -0.2) is 65.7 Å². The maximum Gasteiger partial charge on any atom is 0.317 e. The molecule has 2 amide bonds. The number of rotatable bonds is 10. The van der Waals surface area contributed by atoms with Gasteiger partial charge in [0, 0.05) is 25.2 Å². The van der Waals surface area contributed by atoms with Crippen LogP contribution in [0.4, 0.5) is 4.79 Å². The molecule has 0 radical (unpaired) electrons. The largest absolute Gasteiger partial charge is 0.481 e. The maximum atomic E-state index is 12.1. The SMILES string of the molecule is CC(C)N(C)CCCCNC(=O)N(CCC(=O)O)C1CC1. The zero-order chi connectivity index (χ0) is 15.8. The van der Waals surface area contributed by atoms with Crippen LogP contribution in [0.1, 0.15) is 46.0 Å². The van der Waals surface area contributed by atoms with E-state index in [1.165, 1.54) is 0 Å². The molecule has 1 rings (SSSR count). The van der Waals surface area contributed by atoms with E-state index in [0.29, 0.717) is 19.1 Å². The van der Waals surface area contributed by atoms with Gasteiger partial charge in [-0.1, -0.05) is 0 Å². The number of carbonyl (C=O) groups excluding carboxylic acids is 1. The molecule has 1 aliphatic carbocycles. The summed E-state index contributed by atoms with van der Waals surface area (Å²) < 4.78 is 0. The molecule has 0 saturated heterocycles. The molecule has 6 heteroatoms. The van der Waals surface area contributed by atoms with Crippen molar-refractivity contribution in [1.82, 2.24) is 15.1 Å². The highest BCUT2D eigenvalue weighted by Gasteiger charge is 2.32. The van der Waals surface area contributed by atoms with Gasteiger partial charge in [0.2, 0.25) is 0 Å². The van der Waals surface area contributed by atoms with E-state index in [9.17, 15) is 9.59 Å². The molecule has 0 spiro atoms. The zero-order valence-electron chi connectivity index (χ0n) is 13.5. The fourth-order valence-corrected chi connectivity index (χ4v) is 2.09. The molecule has 0 bridgehead atoms. The number of hydrogen-bond acceptors (Lipinski definition) is 3. The summed E-state index contributed by atoms with van der Waals surface area (Å²) in [6.07, 6.45) is 4.00. The number of nitrogens with one attached hydrogen (secondary N) is 1. The van der Waals surface area contributed by atoms with E-state index in [4.69, 9.17) is 5.11 Å². The lowest BCUT2D eigenvalue weighted by molar-refractivity contribution is -0.137. The fourth-order valence-electron chi connectivity index (χ4n) is 2.09. The standard InChI is InChI=1S/C15H29N3O3/c1-12(2)17(3)10-5-4-9-16-15(21)18(13-6-7-13)11-8-14(19)20/h12-13H,4-11H2,1-3H3,(H,16,21)(H,19,20). The molecule has 1 saturated carbocycles. The Kier molecular flexibility index (Phi) is 7.50. The predicted octanol–water partition coefficient (Wildman–Crippen LogP) is 1.76. The fraction of sp³-hybridized carbons (Fsp3) is 0.867. The second-order valence-corrected chi connectivity index (χ2v) is 6.08. The third-order valence-corrected chi connectivity index (χ3v) is 3.91. The number of carboxylic acid groups (broad SMARTS) is 1. The van der Waals surface area contributed by atoms with Crippen LogP contribution in [0.25, 0.3) is 0 Å². The predicted molar refractivity (Wildman–Crippen MR) is 82.4 cm³/mol. The van der Waals surface area contributed by atoms with Gasteiger partial charge in [-0.2, -0.15) is 0 Å². The molecule has 0 aromatic rings. The summed E-state index contributed by atoms with van der Waals surface area (Å²) in [6, 6.07) is 0.674. The molecular weight excluding hydrogens is 270 g/mol. The zero-order valence-corrected chi connectivity index (χ0v) is 13.5. The third kappa shape index (κ3) is 7.32. The number of urea groups is 1. The van der Waals surface area contributed by atoms with Crippen molar-refractivity contribution in [3.63, 3.8) is 0 Å². The Balaban J connectivity index is 2.17. The molecule has 0 heterocycles. The summed E-state index contributed by atoms with van der Waals surface area (Å²) in [5, 5.41) is 11.6. The van der Waals surface area contributed by atoms with E-state index in [2.05, 4.69) is 31.1 Å². The van der Waals surface area contributed by atoms with Gasteiger partial charge in [0.1, 0.15) is 0 Å². The number of amides is 2. The molecule has 0 atom stereocenters. The summed E-state index contributed by atoms with van der Waals surface area (Å²) in [4.78, 5) is 26.6. The topological polar surface area (TPSA) is 72.9 Å². The number of unbranched alkanes of at least 4 members (excludes halogenated alkanes) is 1. The van der Waals surface area contributed by atoms with Gasteiger partial charge in [0.25, 0.3) is 0 Å². The Labute approximate surface area is 127 Å². The Bertz CT molecular complexity index is 343. The molecule has 1 aliphatic rings. The van der Waals surface area contributed by atoms with E-state index >= 15 is 0 Å². The first-order chi connectivity index (χ1) is 9.91. The minimum atomic E-state index is -0.856. The van der Waals surface area contributed by atoms with Crippen molar-refractivity contribution in [2.45, 2.75) is 58.0 Å². The first-order valence-corrected chi connectivity index (χ1v) is 7.88. The monoisotopic (exact) mass is 299 g/mol. The van der Waals surface area contributed by atoms with E-state index in [1.807, 2.05) is 0 Å². The van der Waals surface area contributed by atoms with Crippen molar-refractivity contribution in [1.29, 1.82) is 0 Å². The van der Waals surface area contributed by atoms with Gasteiger partial charge in [-0.25, -0.2) is 4.79 Å². The van der Waals surface area contributed by atoms with E-state index in [1.54, 1.807) is 4.90 Å². The normalized spacial score (nSPS) is 14.5. The quantitative estimate of drug-likeness (QED) is 0.603. The lowest BCUT2D eigenvalue weighted by Gasteiger charge is -2.23. The lowest BCUT2D eigenvalue weighted by Crippen LogP contribution is -2.42. The summed E-state index contributed by atoms with van der Waals surface area (Å²) in [5.41, 5.74) is 0. The highest BCUT2D eigenvalue weighted by Crippen LogP contribution is 2.26. The van der Waals surface area contributed by atoms with Gasteiger partial charge in [0.15, 0.2) is 0 Å². The molecule has 0 aromatic heterocycles. The molecule has 0 aromatic carbocycles. The van der Waals surface area contributed by atoms with Crippen LogP contribution in [0.5, 0.6) is 0 Å². The Morgan fingerprint density at radius 3 is 2.43 bits per heavy atom. The van der Waals surface area contributed by atoms with Crippen LogP contribution in [0.15, 0.2) is 0 Å². The minimum Gasteiger partial charge on any atom is -0.481 e. The second kappa shape index (κ2) is 8.87. The van der Waals surface area contributed by atoms with Crippen LogP contribution >= 0.6 is 0 Å². The van der Waals surface area contributed by atoms with Crippen molar-refractivity contribution in [2.24, 2.45) is 0 Å². The number of aliphatic carboxylic acids is 1. The molecule has 0 aliphatic heterocycles. The van der Waals surface area contributed by atoms with Crippen molar-refractivity contribution < 1.29 is 14.7 Å². The van der Waals surface area contributed by atoms with Gasteiger partial charge in [-0.15, -0.1) is 0 Å². The first-order valence-electron chi connectivity index (χ1n) is 7.88. The highest BCUT2D eigenvalue weighted by molar-refractivity contribution is 5.76.